The van der Waals surface area contributed by atoms with Crippen LogP contribution in [0.25, 0.3) is 11.0 Å². The van der Waals surface area contributed by atoms with Gasteiger partial charge in [0.2, 0.25) is 0 Å². The highest BCUT2D eigenvalue weighted by atomic mass is 32.2. The minimum absolute atomic E-state index is 0.0120. The van der Waals surface area contributed by atoms with E-state index in [1.165, 1.54) is 18.2 Å². The van der Waals surface area contributed by atoms with Gasteiger partial charge in [-0.2, -0.15) is 4.83 Å². The highest BCUT2D eigenvalue weighted by molar-refractivity contribution is 7.89. The molecule has 2 aromatic rings. The fraction of sp³-hybridized carbons (Fsp3) is 0. The number of H-pyrrole nitrogens is 1. The summed E-state index contributed by atoms with van der Waals surface area (Å²) in [5.41, 5.74) is 0.486. The van der Waals surface area contributed by atoms with Crippen LogP contribution in [0.15, 0.2) is 34.1 Å². The molecular formula is C8H8N4O3S. The Kier molecular flexibility index (Phi) is 2.46. The highest BCUT2D eigenvalue weighted by Crippen LogP contribution is 2.13. The summed E-state index contributed by atoms with van der Waals surface area (Å²) in [6.45, 7) is 0. The molecule has 1 aromatic heterocycles. The maximum Gasteiger partial charge on any atom is 0.266 e. The number of aromatic nitrogens is 2. The number of hydrogen-bond acceptors (Lipinski definition) is 5. The molecule has 4 N–H and O–H groups in total. The number of benzene rings is 1. The van der Waals surface area contributed by atoms with Gasteiger partial charge in [-0.3, -0.25) is 10.6 Å². The van der Waals surface area contributed by atoms with Gasteiger partial charge in [-0.25, -0.2) is 13.4 Å². The molecule has 0 radical (unpaired) electrons. The van der Waals surface area contributed by atoms with Gasteiger partial charge < -0.3 is 4.98 Å². The summed E-state index contributed by atoms with van der Waals surface area (Å²) in [6.07, 6.45) is 1.08. The molecule has 16 heavy (non-hydrogen) atoms. The summed E-state index contributed by atoms with van der Waals surface area (Å²) >= 11 is 0. The standard InChI is InChI=1S/C8H8N4O3S/c9-12-16(14,15)5-1-2-6-7(3-5)10-4-8(13)11-6/h1-4,12H,9H2,(H,11,13). The Morgan fingerprint density at radius 2 is 2.12 bits per heavy atom. The van der Waals surface area contributed by atoms with Crippen molar-refractivity contribution in [3.63, 3.8) is 0 Å². The molecule has 8 heteroatoms. The zero-order valence-electron chi connectivity index (χ0n) is 7.97. The predicted molar refractivity (Wildman–Crippen MR) is 56.9 cm³/mol. The first-order valence-corrected chi connectivity index (χ1v) is 5.73. The van der Waals surface area contributed by atoms with Gasteiger partial charge in [0.25, 0.3) is 15.6 Å². The number of rotatable bonds is 2. The Balaban J connectivity index is 2.71. The lowest BCUT2D eigenvalue weighted by molar-refractivity contribution is 0.584. The van der Waals surface area contributed by atoms with Crippen LogP contribution in [0, 0.1) is 0 Å². The van der Waals surface area contributed by atoms with E-state index in [0.29, 0.717) is 11.0 Å². The van der Waals surface area contributed by atoms with Crippen molar-refractivity contribution in [3.8, 4) is 0 Å². The van der Waals surface area contributed by atoms with Gasteiger partial charge >= 0.3 is 0 Å². The molecule has 0 saturated heterocycles. The molecule has 0 amide bonds. The molecule has 0 aliphatic rings. The summed E-state index contributed by atoms with van der Waals surface area (Å²) in [5.74, 6) is 4.89. The highest BCUT2D eigenvalue weighted by Gasteiger charge is 2.12. The molecule has 1 heterocycles. The van der Waals surface area contributed by atoms with E-state index >= 15 is 0 Å². The molecule has 84 valence electrons. The van der Waals surface area contributed by atoms with Gasteiger partial charge in [-0.15, -0.1) is 0 Å². The van der Waals surface area contributed by atoms with Crippen LogP contribution in [0.5, 0.6) is 0 Å². The maximum absolute atomic E-state index is 11.4. The topological polar surface area (TPSA) is 118 Å². The van der Waals surface area contributed by atoms with Crippen LogP contribution in [0.2, 0.25) is 0 Å². The number of sulfonamides is 1. The second kappa shape index (κ2) is 3.67. The SMILES string of the molecule is NNS(=O)(=O)c1ccc2[nH]c(=O)cnc2c1. The Bertz CT molecular complexity index is 692. The number of aromatic amines is 1. The third-order valence-corrected chi connectivity index (χ3v) is 3.20. The molecule has 0 atom stereocenters. The van der Waals surface area contributed by atoms with E-state index in [0.717, 1.165) is 6.20 Å². The van der Waals surface area contributed by atoms with Crippen molar-refractivity contribution in [2.24, 2.45) is 5.84 Å². The van der Waals surface area contributed by atoms with Crippen LogP contribution in [0.1, 0.15) is 0 Å². The number of hydrazine groups is 1. The summed E-state index contributed by atoms with van der Waals surface area (Å²) < 4.78 is 22.8. The fourth-order valence-corrected chi connectivity index (χ4v) is 1.90. The van der Waals surface area contributed by atoms with Gasteiger partial charge in [0.05, 0.1) is 22.1 Å². The minimum atomic E-state index is -3.70. The molecule has 0 saturated carbocycles. The van der Waals surface area contributed by atoms with E-state index < -0.39 is 10.0 Å². The molecule has 0 aliphatic heterocycles. The lowest BCUT2D eigenvalue weighted by atomic mass is 10.3. The predicted octanol–water partition coefficient (Wildman–Crippen LogP) is -0.925. The van der Waals surface area contributed by atoms with E-state index in [9.17, 15) is 13.2 Å². The van der Waals surface area contributed by atoms with Crippen molar-refractivity contribution >= 4 is 21.1 Å². The third-order valence-electron chi connectivity index (χ3n) is 2.01. The largest absolute Gasteiger partial charge is 0.319 e. The number of nitrogens with zero attached hydrogens (tertiary/aromatic N) is 1. The number of hydrogen-bond donors (Lipinski definition) is 3. The average Bonchev–Trinajstić information content (AvgIpc) is 2.28. The quantitative estimate of drug-likeness (QED) is 0.463. The van der Waals surface area contributed by atoms with Crippen LogP contribution in [0.3, 0.4) is 0 Å². The Labute approximate surface area is 90.3 Å². The van der Waals surface area contributed by atoms with Crippen molar-refractivity contribution in [1.82, 2.24) is 14.8 Å². The summed E-state index contributed by atoms with van der Waals surface area (Å²) in [5, 5.41) is 0. The Morgan fingerprint density at radius 3 is 2.81 bits per heavy atom. The van der Waals surface area contributed by atoms with Crippen LogP contribution >= 0.6 is 0 Å². The van der Waals surface area contributed by atoms with Gasteiger partial charge in [0.15, 0.2) is 0 Å². The second-order valence-electron chi connectivity index (χ2n) is 3.05. The first kappa shape index (κ1) is 10.7. The van der Waals surface area contributed by atoms with Crippen LogP contribution in [-0.2, 0) is 10.0 Å². The van der Waals surface area contributed by atoms with Gasteiger partial charge in [-0.05, 0) is 18.2 Å². The Morgan fingerprint density at radius 1 is 1.38 bits per heavy atom. The zero-order chi connectivity index (χ0) is 11.8. The van der Waals surface area contributed by atoms with Crippen molar-refractivity contribution in [2.75, 3.05) is 0 Å². The Hall–Kier alpha value is -1.77. The van der Waals surface area contributed by atoms with E-state index in [1.54, 1.807) is 4.83 Å². The monoisotopic (exact) mass is 240 g/mol. The minimum Gasteiger partial charge on any atom is -0.319 e. The van der Waals surface area contributed by atoms with E-state index in [2.05, 4.69) is 9.97 Å². The van der Waals surface area contributed by atoms with Gasteiger partial charge in [0.1, 0.15) is 0 Å². The lowest BCUT2D eigenvalue weighted by Crippen LogP contribution is -2.30. The summed E-state index contributed by atoms with van der Waals surface area (Å²) in [4.78, 5) is 19.0. The smallest absolute Gasteiger partial charge is 0.266 e. The molecular weight excluding hydrogens is 232 g/mol. The van der Waals surface area contributed by atoms with E-state index in [4.69, 9.17) is 5.84 Å². The van der Waals surface area contributed by atoms with Crippen molar-refractivity contribution in [3.05, 3.63) is 34.7 Å². The van der Waals surface area contributed by atoms with E-state index in [1.807, 2.05) is 0 Å². The molecule has 0 spiro atoms. The number of fused-ring (bicyclic) bond motifs is 1. The van der Waals surface area contributed by atoms with E-state index in [-0.39, 0.29) is 10.5 Å². The first-order valence-electron chi connectivity index (χ1n) is 4.24. The van der Waals surface area contributed by atoms with Crippen LogP contribution in [-0.4, -0.2) is 18.4 Å². The fourth-order valence-electron chi connectivity index (χ4n) is 1.25. The molecule has 1 aromatic carbocycles. The molecule has 2 rings (SSSR count). The lowest BCUT2D eigenvalue weighted by Gasteiger charge is -2.02. The van der Waals surface area contributed by atoms with Gasteiger partial charge in [0, 0.05) is 0 Å². The van der Waals surface area contributed by atoms with Crippen molar-refractivity contribution < 1.29 is 8.42 Å². The zero-order valence-corrected chi connectivity index (χ0v) is 8.78. The average molecular weight is 240 g/mol. The van der Waals surface area contributed by atoms with Gasteiger partial charge in [-0.1, -0.05) is 0 Å². The second-order valence-corrected chi connectivity index (χ2v) is 4.76. The molecule has 0 fully saturated rings. The van der Waals surface area contributed by atoms with Crippen LogP contribution in [0.4, 0.5) is 0 Å². The number of nitrogens with one attached hydrogen (secondary N) is 2. The first-order chi connectivity index (χ1) is 7.53. The van der Waals surface area contributed by atoms with Crippen molar-refractivity contribution in [2.45, 2.75) is 4.90 Å². The normalized spacial score (nSPS) is 11.8. The summed E-state index contributed by atoms with van der Waals surface area (Å²) in [6, 6.07) is 4.10. The molecule has 0 aliphatic carbocycles. The van der Waals surface area contributed by atoms with Crippen LogP contribution < -0.4 is 16.2 Å². The third kappa shape index (κ3) is 1.81. The number of nitrogens with two attached hydrogens (primary N) is 1. The molecule has 0 unspecified atom stereocenters. The van der Waals surface area contributed by atoms with Crippen molar-refractivity contribution in [1.29, 1.82) is 0 Å². The molecule has 7 nitrogen and oxygen atoms in total. The summed E-state index contributed by atoms with van der Waals surface area (Å²) in [7, 11) is -3.70. The maximum atomic E-state index is 11.4. The molecule has 0 bridgehead atoms.